The number of hydrogen-bond acceptors (Lipinski definition) is 8. The minimum atomic E-state index is -4.88. The standard InChI is InChI=1S/C18H38O6S2.C2H6O2.2K/c1-3-5-7-9-11-13-15-18(26(22,23)24,17-25(19,20)21)16-14-12-10-8-6-4-2;3-1-2-4;;/h3-17H2,1-2H3,(H,19,20,21)(H,22,23,24);3-4H,1-2H2;;/q;;2*+1/p-2. The number of aliphatic hydroxyl groups excluding tert-OH is 2. The third-order valence-electron chi connectivity index (χ3n) is 5.04. The minimum Gasteiger partial charge on any atom is -0.748 e. The van der Waals surface area contributed by atoms with E-state index in [1.165, 1.54) is 0 Å². The van der Waals surface area contributed by atoms with Gasteiger partial charge in [0.15, 0.2) is 0 Å². The zero-order valence-electron chi connectivity index (χ0n) is 20.7. The van der Waals surface area contributed by atoms with Crippen molar-refractivity contribution in [3.8, 4) is 0 Å². The maximum Gasteiger partial charge on any atom is 1.00 e. The van der Waals surface area contributed by atoms with Crippen LogP contribution in [-0.2, 0) is 20.2 Å². The molecular weight excluding hydrogens is 511 g/mol. The summed E-state index contributed by atoms with van der Waals surface area (Å²) in [6.07, 6.45) is 10.6. The summed E-state index contributed by atoms with van der Waals surface area (Å²) in [4.78, 5) is 0. The Morgan fingerprint density at radius 3 is 1.19 bits per heavy atom. The molecular formula is C20H42K2O8S2. The molecule has 0 rings (SSSR count). The molecule has 0 bridgehead atoms. The molecule has 0 saturated heterocycles. The van der Waals surface area contributed by atoms with E-state index in [0.29, 0.717) is 12.8 Å². The normalized spacial score (nSPS) is 11.7. The molecule has 0 aromatic heterocycles. The second-order valence-corrected chi connectivity index (χ2v) is 11.0. The Hall–Kier alpha value is 3.01. The Morgan fingerprint density at radius 2 is 0.938 bits per heavy atom. The summed E-state index contributed by atoms with van der Waals surface area (Å²) >= 11 is 0. The van der Waals surface area contributed by atoms with Crippen LogP contribution >= 0.6 is 0 Å². The van der Waals surface area contributed by atoms with Crippen molar-refractivity contribution >= 4 is 20.2 Å². The summed E-state index contributed by atoms with van der Waals surface area (Å²) < 4.78 is 67.6. The van der Waals surface area contributed by atoms with Crippen molar-refractivity contribution in [2.24, 2.45) is 0 Å². The molecule has 2 N–H and O–H groups in total. The van der Waals surface area contributed by atoms with Crippen LogP contribution in [0.5, 0.6) is 0 Å². The minimum absolute atomic E-state index is 0. The Bertz CT molecular complexity index is 581. The fourth-order valence-corrected chi connectivity index (χ4v) is 6.10. The summed E-state index contributed by atoms with van der Waals surface area (Å²) in [7, 11) is -9.68. The summed E-state index contributed by atoms with van der Waals surface area (Å²) in [6, 6.07) is 0. The van der Waals surface area contributed by atoms with E-state index in [2.05, 4.69) is 13.8 Å². The van der Waals surface area contributed by atoms with Crippen molar-refractivity contribution in [2.75, 3.05) is 19.0 Å². The van der Waals surface area contributed by atoms with Gasteiger partial charge < -0.3 is 19.3 Å². The van der Waals surface area contributed by atoms with E-state index in [4.69, 9.17) is 10.2 Å². The molecule has 184 valence electrons. The van der Waals surface area contributed by atoms with Gasteiger partial charge in [-0.2, -0.15) is 0 Å². The average Bonchev–Trinajstić information content (AvgIpc) is 2.65. The Labute approximate surface area is 281 Å². The van der Waals surface area contributed by atoms with Gasteiger partial charge in [-0.15, -0.1) is 0 Å². The van der Waals surface area contributed by atoms with Crippen LogP contribution in [0.4, 0.5) is 0 Å². The van der Waals surface area contributed by atoms with Crippen molar-refractivity contribution in [2.45, 2.75) is 108 Å². The number of unbranched alkanes of at least 4 members (excludes halogenated alkanes) is 10. The predicted octanol–water partition coefficient (Wildman–Crippen LogP) is -2.70. The van der Waals surface area contributed by atoms with Crippen LogP contribution in [0.3, 0.4) is 0 Å². The first-order valence-corrected chi connectivity index (χ1v) is 14.1. The number of hydrogen-bond donors (Lipinski definition) is 2. The Balaban J connectivity index is -0.000000598. The molecule has 0 unspecified atom stereocenters. The maximum absolute atomic E-state index is 11.9. The SMILES string of the molecule is CCCCCCCCC(CCCCCCCC)(CS(=O)(=O)[O-])S(=O)(=O)[O-].OCCO.[K+].[K+]. The number of rotatable bonds is 18. The van der Waals surface area contributed by atoms with Crippen molar-refractivity contribution in [3.63, 3.8) is 0 Å². The maximum atomic E-state index is 11.9. The average molecular weight is 553 g/mol. The summed E-state index contributed by atoms with van der Waals surface area (Å²) in [6.45, 7) is 3.93. The van der Waals surface area contributed by atoms with Crippen molar-refractivity contribution < 1.29 is 139 Å². The molecule has 0 spiro atoms. The Morgan fingerprint density at radius 1 is 0.625 bits per heavy atom. The smallest absolute Gasteiger partial charge is 0.748 e. The van der Waals surface area contributed by atoms with Gasteiger partial charge in [0.25, 0.3) is 0 Å². The first-order valence-electron chi connectivity index (χ1n) is 11.1. The van der Waals surface area contributed by atoms with Gasteiger partial charge in [-0.05, 0) is 12.8 Å². The predicted molar refractivity (Wildman–Crippen MR) is 117 cm³/mol. The summed E-state index contributed by atoms with van der Waals surface area (Å²) in [5, 5.41) is 15.2. The quantitative estimate of drug-likeness (QED) is 0.106. The number of aliphatic hydroxyl groups is 2. The molecule has 0 radical (unpaired) electrons. The van der Waals surface area contributed by atoms with Crippen LogP contribution in [0, 0.1) is 0 Å². The van der Waals surface area contributed by atoms with Gasteiger partial charge in [0, 0.05) is 0 Å². The van der Waals surface area contributed by atoms with Crippen LogP contribution in [0.1, 0.15) is 104 Å². The fourth-order valence-electron chi connectivity index (χ4n) is 3.37. The van der Waals surface area contributed by atoms with E-state index < -0.39 is 30.7 Å². The Kier molecular flexibility index (Phi) is 33.8. The first kappa shape index (κ1) is 42.1. The molecule has 0 heterocycles. The monoisotopic (exact) mass is 552 g/mol. The summed E-state index contributed by atoms with van der Waals surface area (Å²) in [5.41, 5.74) is 0. The first-order chi connectivity index (χ1) is 14.0. The van der Waals surface area contributed by atoms with Crippen LogP contribution in [0.25, 0.3) is 0 Å². The molecule has 0 fully saturated rings. The second kappa shape index (κ2) is 25.7. The molecule has 0 amide bonds. The molecule has 0 aromatic rings. The van der Waals surface area contributed by atoms with Gasteiger partial charge in [0.05, 0.1) is 33.8 Å². The van der Waals surface area contributed by atoms with E-state index in [0.717, 1.165) is 64.2 Å². The molecule has 0 aliphatic carbocycles. The topological polar surface area (TPSA) is 155 Å². The van der Waals surface area contributed by atoms with Gasteiger partial charge in [0.1, 0.15) is 10.1 Å². The van der Waals surface area contributed by atoms with Crippen molar-refractivity contribution in [3.05, 3.63) is 0 Å². The molecule has 0 aliphatic rings. The third-order valence-corrected chi connectivity index (χ3v) is 7.74. The summed E-state index contributed by atoms with van der Waals surface area (Å²) in [5.74, 6) is -1.10. The van der Waals surface area contributed by atoms with Gasteiger partial charge in [-0.3, -0.25) is 0 Å². The molecule has 12 heteroatoms. The molecule has 0 aromatic carbocycles. The van der Waals surface area contributed by atoms with Crippen LogP contribution in [0.2, 0.25) is 0 Å². The van der Waals surface area contributed by atoms with Crippen LogP contribution in [0.15, 0.2) is 0 Å². The van der Waals surface area contributed by atoms with Crippen LogP contribution < -0.4 is 103 Å². The van der Waals surface area contributed by atoms with E-state index in [1.54, 1.807) is 0 Å². The molecule has 8 nitrogen and oxygen atoms in total. The zero-order chi connectivity index (χ0) is 23.5. The van der Waals surface area contributed by atoms with Crippen molar-refractivity contribution in [1.29, 1.82) is 0 Å². The van der Waals surface area contributed by atoms with E-state index in [1.807, 2.05) is 0 Å². The van der Waals surface area contributed by atoms with Crippen molar-refractivity contribution in [1.82, 2.24) is 0 Å². The van der Waals surface area contributed by atoms with Gasteiger partial charge >= 0.3 is 103 Å². The van der Waals surface area contributed by atoms with E-state index in [9.17, 15) is 25.9 Å². The molecule has 0 aliphatic heterocycles. The zero-order valence-corrected chi connectivity index (χ0v) is 28.6. The van der Waals surface area contributed by atoms with Gasteiger partial charge in [0.2, 0.25) is 0 Å². The van der Waals surface area contributed by atoms with E-state index >= 15 is 0 Å². The van der Waals surface area contributed by atoms with E-state index in [-0.39, 0.29) is 129 Å². The third kappa shape index (κ3) is 24.7. The van der Waals surface area contributed by atoms with Crippen LogP contribution in [-0.4, -0.2) is 59.9 Å². The van der Waals surface area contributed by atoms with Gasteiger partial charge in [-0.1, -0.05) is 90.9 Å². The van der Waals surface area contributed by atoms with Gasteiger partial charge in [-0.25, -0.2) is 16.8 Å². The molecule has 0 atom stereocenters. The molecule has 32 heavy (non-hydrogen) atoms. The second-order valence-electron chi connectivity index (χ2n) is 7.82. The fraction of sp³-hybridized carbons (Fsp3) is 1.00. The largest absolute Gasteiger partial charge is 1.00 e. The molecule has 0 saturated carbocycles.